The summed E-state index contributed by atoms with van der Waals surface area (Å²) in [4.78, 5) is 19.6. The lowest BCUT2D eigenvalue weighted by molar-refractivity contribution is 0.0908. The minimum Gasteiger partial charge on any atom is -0.497 e. The Balaban J connectivity index is 1.18. The van der Waals surface area contributed by atoms with E-state index in [1.54, 1.807) is 7.11 Å². The van der Waals surface area contributed by atoms with Gasteiger partial charge in [-0.05, 0) is 91.6 Å². The van der Waals surface area contributed by atoms with Crippen molar-refractivity contribution < 1.29 is 14.3 Å². The third kappa shape index (κ3) is 5.88. The summed E-state index contributed by atoms with van der Waals surface area (Å²) in [6.45, 7) is 5.42. The third-order valence-electron chi connectivity index (χ3n) is 7.14. The molecule has 5 rings (SSSR count). The van der Waals surface area contributed by atoms with Crippen molar-refractivity contribution in [2.75, 3.05) is 26.8 Å². The monoisotopic (exact) mass is 485 g/mol. The van der Waals surface area contributed by atoms with Gasteiger partial charge in [-0.1, -0.05) is 12.1 Å². The summed E-state index contributed by atoms with van der Waals surface area (Å²) < 4.78 is 11.4. The Morgan fingerprint density at radius 3 is 2.50 bits per heavy atom. The molecular weight excluding hydrogens is 450 g/mol. The summed E-state index contributed by atoms with van der Waals surface area (Å²) in [5.41, 5.74) is 5.36. The molecule has 6 heteroatoms. The Bertz CT molecular complexity index is 1190. The number of hydrogen-bond donors (Lipinski definition) is 1. The standard InChI is InChI=1S/C30H35N3O3/c1-3-36-29-16-21(4-7-28(29)23-8-12-31-13-9-23)20-33-14-10-26(11-15-33)32-30(34)25-17-24(22-5-6-22)18-27(19-25)35-2/h4,7-9,12-13,16-19,22,26H,3,5-6,10-11,14-15,20H2,1-2H3,(H,32,34). The van der Waals surface area contributed by atoms with Crippen molar-refractivity contribution in [3.8, 4) is 22.6 Å². The molecule has 1 aromatic heterocycles. The van der Waals surface area contributed by atoms with Crippen molar-refractivity contribution >= 4 is 5.91 Å². The van der Waals surface area contributed by atoms with Crippen LogP contribution < -0.4 is 14.8 Å². The molecule has 0 spiro atoms. The molecule has 0 radical (unpaired) electrons. The van der Waals surface area contributed by atoms with Gasteiger partial charge in [-0.15, -0.1) is 0 Å². The fourth-order valence-corrected chi connectivity index (χ4v) is 5.00. The van der Waals surface area contributed by atoms with Crippen LogP contribution in [0.15, 0.2) is 60.9 Å². The van der Waals surface area contributed by atoms with Crippen molar-refractivity contribution in [3.05, 3.63) is 77.6 Å². The smallest absolute Gasteiger partial charge is 0.251 e. The number of carbonyl (C=O) groups is 1. The molecule has 1 saturated heterocycles. The summed E-state index contributed by atoms with van der Waals surface area (Å²) in [7, 11) is 1.66. The first-order valence-corrected chi connectivity index (χ1v) is 13.0. The fourth-order valence-electron chi connectivity index (χ4n) is 5.00. The molecule has 1 amide bonds. The van der Waals surface area contributed by atoms with Crippen molar-refractivity contribution in [1.29, 1.82) is 0 Å². The Kier molecular flexibility index (Phi) is 7.52. The number of pyridine rings is 1. The van der Waals surface area contributed by atoms with E-state index in [9.17, 15) is 4.79 Å². The molecule has 2 aliphatic rings. The van der Waals surface area contributed by atoms with Crippen molar-refractivity contribution in [3.63, 3.8) is 0 Å². The highest BCUT2D eigenvalue weighted by molar-refractivity contribution is 5.95. The molecule has 3 aromatic rings. The average Bonchev–Trinajstić information content (AvgIpc) is 3.76. The van der Waals surface area contributed by atoms with Gasteiger partial charge < -0.3 is 14.8 Å². The fraction of sp³-hybridized carbons (Fsp3) is 0.400. The second-order valence-corrected chi connectivity index (χ2v) is 9.79. The van der Waals surface area contributed by atoms with E-state index in [0.717, 1.165) is 55.1 Å². The van der Waals surface area contributed by atoms with Crippen LogP contribution in [-0.4, -0.2) is 48.6 Å². The minimum atomic E-state index is 0.00214. The molecule has 2 fully saturated rings. The second kappa shape index (κ2) is 11.1. The van der Waals surface area contributed by atoms with E-state index in [-0.39, 0.29) is 11.9 Å². The van der Waals surface area contributed by atoms with Crippen LogP contribution in [0.2, 0.25) is 0 Å². The zero-order valence-corrected chi connectivity index (χ0v) is 21.2. The average molecular weight is 486 g/mol. The highest BCUT2D eigenvalue weighted by atomic mass is 16.5. The second-order valence-electron chi connectivity index (χ2n) is 9.79. The van der Waals surface area contributed by atoms with Crippen molar-refractivity contribution in [2.45, 2.75) is 51.1 Å². The van der Waals surface area contributed by atoms with Gasteiger partial charge in [0.15, 0.2) is 0 Å². The SMILES string of the molecule is CCOc1cc(CN2CCC(NC(=O)c3cc(OC)cc(C4CC4)c3)CC2)ccc1-c1ccncc1. The number of benzene rings is 2. The normalized spacial score (nSPS) is 16.5. The number of ether oxygens (including phenoxy) is 2. The van der Waals surface area contributed by atoms with Crippen molar-refractivity contribution in [1.82, 2.24) is 15.2 Å². The quantitative estimate of drug-likeness (QED) is 0.438. The summed E-state index contributed by atoms with van der Waals surface area (Å²) in [5.74, 6) is 2.26. The van der Waals surface area contributed by atoms with E-state index in [1.165, 1.54) is 24.0 Å². The Labute approximate surface area is 213 Å². The van der Waals surface area contributed by atoms with Crippen LogP contribution in [0.4, 0.5) is 0 Å². The van der Waals surface area contributed by atoms with Crippen LogP contribution in [0.5, 0.6) is 11.5 Å². The molecule has 1 saturated carbocycles. The number of nitrogens with zero attached hydrogens (tertiary/aromatic N) is 2. The van der Waals surface area contributed by atoms with Crippen LogP contribution in [0.1, 0.15) is 60.0 Å². The third-order valence-corrected chi connectivity index (χ3v) is 7.14. The number of carbonyl (C=O) groups excluding carboxylic acids is 1. The van der Waals surface area contributed by atoms with Gasteiger partial charge in [0, 0.05) is 49.2 Å². The van der Waals surface area contributed by atoms with Gasteiger partial charge in [-0.2, -0.15) is 0 Å². The lowest BCUT2D eigenvalue weighted by Gasteiger charge is -2.32. The lowest BCUT2D eigenvalue weighted by Crippen LogP contribution is -2.44. The van der Waals surface area contributed by atoms with Gasteiger partial charge in [-0.3, -0.25) is 14.7 Å². The van der Waals surface area contributed by atoms with E-state index in [1.807, 2.05) is 43.6 Å². The number of piperidine rings is 1. The maximum Gasteiger partial charge on any atom is 0.251 e. The Hall–Kier alpha value is -3.38. The molecule has 6 nitrogen and oxygen atoms in total. The van der Waals surface area contributed by atoms with E-state index in [4.69, 9.17) is 9.47 Å². The van der Waals surface area contributed by atoms with E-state index in [2.05, 4.69) is 39.5 Å². The molecule has 1 aliphatic carbocycles. The van der Waals surface area contributed by atoms with Crippen LogP contribution >= 0.6 is 0 Å². The van der Waals surface area contributed by atoms with Crippen LogP contribution in [0, 0.1) is 0 Å². The zero-order valence-electron chi connectivity index (χ0n) is 21.2. The molecule has 0 atom stereocenters. The topological polar surface area (TPSA) is 63.7 Å². The number of rotatable bonds is 9. The highest BCUT2D eigenvalue weighted by Crippen LogP contribution is 2.41. The van der Waals surface area contributed by atoms with Crippen LogP contribution in [0.3, 0.4) is 0 Å². The summed E-state index contributed by atoms with van der Waals surface area (Å²) in [6, 6.07) is 16.7. The van der Waals surface area contributed by atoms with E-state index < -0.39 is 0 Å². The van der Waals surface area contributed by atoms with Crippen LogP contribution in [-0.2, 0) is 6.54 Å². The molecule has 188 valence electrons. The largest absolute Gasteiger partial charge is 0.497 e. The number of methoxy groups -OCH3 is 1. The number of hydrogen-bond acceptors (Lipinski definition) is 5. The molecule has 0 bridgehead atoms. The molecule has 36 heavy (non-hydrogen) atoms. The summed E-state index contributed by atoms with van der Waals surface area (Å²) >= 11 is 0. The van der Waals surface area contributed by atoms with E-state index >= 15 is 0 Å². The molecule has 1 aliphatic heterocycles. The van der Waals surface area contributed by atoms with Gasteiger partial charge in [-0.25, -0.2) is 0 Å². The lowest BCUT2D eigenvalue weighted by atomic mass is 10.0. The molecule has 0 unspecified atom stereocenters. The van der Waals surface area contributed by atoms with Gasteiger partial charge in [0.05, 0.1) is 13.7 Å². The Morgan fingerprint density at radius 2 is 1.81 bits per heavy atom. The number of nitrogens with one attached hydrogen (secondary N) is 1. The van der Waals surface area contributed by atoms with E-state index in [0.29, 0.717) is 18.1 Å². The summed E-state index contributed by atoms with van der Waals surface area (Å²) in [5, 5.41) is 3.26. The maximum absolute atomic E-state index is 13.0. The van der Waals surface area contributed by atoms with Crippen molar-refractivity contribution in [2.24, 2.45) is 0 Å². The molecular formula is C30H35N3O3. The highest BCUT2D eigenvalue weighted by Gasteiger charge is 2.26. The van der Waals surface area contributed by atoms with Gasteiger partial charge in [0.25, 0.3) is 5.91 Å². The first-order chi connectivity index (χ1) is 17.6. The van der Waals surface area contributed by atoms with Gasteiger partial charge >= 0.3 is 0 Å². The first-order valence-electron chi connectivity index (χ1n) is 13.0. The zero-order chi connectivity index (χ0) is 24.9. The number of likely N-dealkylation sites (tertiary alicyclic amines) is 1. The van der Waals surface area contributed by atoms with Crippen LogP contribution in [0.25, 0.3) is 11.1 Å². The van der Waals surface area contributed by atoms with Gasteiger partial charge in [0.1, 0.15) is 11.5 Å². The predicted molar refractivity (Wildman–Crippen MR) is 142 cm³/mol. The van der Waals surface area contributed by atoms with Gasteiger partial charge in [0.2, 0.25) is 0 Å². The maximum atomic E-state index is 13.0. The minimum absolute atomic E-state index is 0.00214. The Morgan fingerprint density at radius 1 is 1.03 bits per heavy atom. The predicted octanol–water partition coefficient (Wildman–Crippen LogP) is 5.43. The molecule has 2 heterocycles. The molecule has 1 N–H and O–H groups in total. The number of amides is 1. The first kappa shape index (κ1) is 24.3. The number of aromatic nitrogens is 1. The summed E-state index contributed by atoms with van der Waals surface area (Å²) in [6.07, 6.45) is 7.90. The molecule has 2 aromatic carbocycles.